The van der Waals surface area contributed by atoms with Crippen molar-refractivity contribution in [3.05, 3.63) is 54.2 Å². The number of aromatic nitrogens is 2. The van der Waals surface area contributed by atoms with Crippen molar-refractivity contribution in [2.75, 3.05) is 31.5 Å². The van der Waals surface area contributed by atoms with Gasteiger partial charge in [-0.2, -0.15) is 5.10 Å². The topological polar surface area (TPSA) is 141 Å². The Hall–Kier alpha value is -3.44. The predicted octanol–water partition coefficient (Wildman–Crippen LogP) is 1.20. The lowest BCUT2D eigenvalue weighted by molar-refractivity contribution is 0.0667. The van der Waals surface area contributed by atoms with Crippen LogP contribution in [0.3, 0.4) is 0 Å². The first kappa shape index (κ1) is 19.9. The van der Waals surface area contributed by atoms with E-state index in [-0.39, 0.29) is 16.8 Å². The Kier molecular flexibility index (Phi) is 5.14. The van der Waals surface area contributed by atoms with Gasteiger partial charge >= 0.3 is 6.03 Å². The summed E-state index contributed by atoms with van der Waals surface area (Å²) in [6.07, 6.45) is 0. The Balaban J connectivity index is 1.36. The molecule has 30 heavy (non-hydrogen) atoms. The van der Waals surface area contributed by atoms with Gasteiger partial charge in [-0.25, -0.2) is 18.4 Å². The molecule has 0 aliphatic carbocycles. The number of H-pyrrole nitrogens is 1. The number of piperazine rings is 1. The zero-order valence-electron chi connectivity index (χ0n) is 15.9. The van der Waals surface area contributed by atoms with Crippen LogP contribution < -0.4 is 10.5 Å². The van der Waals surface area contributed by atoms with Crippen LogP contribution in [0.4, 0.5) is 10.5 Å². The summed E-state index contributed by atoms with van der Waals surface area (Å²) in [5.74, 6) is -0.175. The van der Waals surface area contributed by atoms with Crippen LogP contribution in [0.25, 0.3) is 10.9 Å². The van der Waals surface area contributed by atoms with Gasteiger partial charge < -0.3 is 15.1 Å². The molecular weight excluding hydrogens is 408 g/mol. The largest absolute Gasteiger partial charge is 0.334 e. The van der Waals surface area contributed by atoms with Crippen molar-refractivity contribution in [1.82, 2.24) is 20.0 Å². The Morgan fingerprint density at radius 2 is 1.60 bits per heavy atom. The Bertz CT molecular complexity index is 1200. The molecule has 1 aliphatic rings. The molecule has 1 aliphatic heterocycles. The summed E-state index contributed by atoms with van der Waals surface area (Å²) in [5, 5.41) is 15.6. The number of para-hydroxylation sites is 1. The van der Waals surface area contributed by atoms with Crippen molar-refractivity contribution in [3.63, 3.8) is 0 Å². The average Bonchev–Trinajstić information content (AvgIpc) is 3.17. The lowest BCUT2D eigenvalue weighted by Crippen LogP contribution is -2.51. The molecule has 156 valence electrons. The van der Waals surface area contributed by atoms with Gasteiger partial charge in [0.2, 0.25) is 10.0 Å². The molecule has 3 aromatic rings. The summed E-state index contributed by atoms with van der Waals surface area (Å²) in [6.45, 7) is 1.51. The number of anilines is 1. The third-order valence-electron chi connectivity index (χ3n) is 4.96. The van der Waals surface area contributed by atoms with Crippen molar-refractivity contribution in [1.29, 1.82) is 0 Å². The maximum absolute atomic E-state index is 12.8. The molecule has 2 aromatic carbocycles. The molecule has 1 saturated heterocycles. The second-order valence-electron chi connectivity index (χ2n) is 6.90. The van der Waals surface area contributed by atoms with E-state index in [0.29, 0.717) is 37.6 Å². The molecule has 0 atom stereocenters. The van der Waals surface area contributed by atoms with Gasteiger partial charge in [-0.3, -0.25) is 9.89 Å². The molecule has 2 heterocycles. The zero-order chi connectivity index (χ0) is 21.3. The van der Waals surface area contributed by atoms with E-state index in [9.17, 15) is 18.0 Å². The van der Waals surface area contributed by atoms with Crippen LogP contribution in [0.1, 0.15) is 10.5 Å². The number of hydrogen-bond acceptors (Lipinski definition) is 5. The number of nitrogens with one attached hydrogen (secondary N) is 2. The summed E-state index contributed by atoms with van der Waals surface area (Å²) in [5.41, 5.74) is 1.62. The predicted molar refractivity (Wildman–Crippen MR) is 110 cm³/mol. The molecule has 4 rings (SSSR count). The second-order valence-corrected chi connectivity index (χ2v) is 8.46. The van der Waals surface area contributed by atoms with Crippen LogP contribution in [-0.4, -0.2) is 66.5 Å². The number of carbonyl (C=O) groups is 2. The van der Waals surface area contributed by atoms with Crippen molar-refractivity contribution in [2.45, 2.75) is 4.90 Å². The van der Waals surface area contributed by atoms with Crippen LogP contribution in [-0.2, 0) is 10.0 Å². The van der Waals surface area contributed by atoms with E-state index in [1.165, 1.54) is 24.3 Å². The smallest absolute Gasteiger partial charge is 0.321 e. The van der Waals surface area contributed by atoms with Crippen molar-refractivity contribution in [3.8, 4) is 0 Å². The summed E-state index contributed by atoms with van der Waals surface area (Å²) in [6, 6.07) is 12.7. The summed E-state index contributed by atoms with van der Waals surface area (Å²) in [7, 11) is -3.78. The van der Waals surface area contributed by atoms with Gasteiger partial charge in [0.25, 0.3) is 5.91 Å². The molecule has 11 heteroatoms. The monoisotopic (exact) mass is 428 g/mol. The Morgan fingerprint density at radius 3 is 2.27 bits per heavy atom. The van der Waals surface area contributed by atoms with E-state index in [4.69, 9.17) is 5.14 Å². The minimum absolute atomic E-state index is 0.0292. The first-order valence-electron chi connectivity index (χ1n) is 9.24. The lowest BCUT2D eigenvalue weighted by Gasteiger charge is -2.34. The van der Waals surface area contributed by atoms with E-state index in [2.05, 4.69) is 15.5 Å². The normalized spacial score (nSPS) is 14.7. The van der Waals surface area contributed by atoms with Gasteiger partial charge in [0, 0.05) is 37.3 Å². The third kappa shape index (κ3) is 3.98. The fraction of sp³-hybridized carbons (Fsp3) is 0.211. The van der Waals surface area contributed by atoms with Crippen molar-refractivity contribution < 1.29 is 18.0 Å². The molecule has 1 fully saturated rings. The van der Waals surface area contributed by atoms with E-state index < -0.39 is 10.0 Å². The number of sulfonamides is 1. The fourth-order valence-corrected chi connectivity index (χ4v) is 3.83. The Morgan fingerprint density at radius 1 is 0.967 bits per heavy atom. The van der Waals surface area contributed by atoms with Crippen molar-refractivity contribution in [2.24, 2.45) is 5.14 Å². The first-order valence-corrected chi connectivity index (χ1v) is 10.8. The summed E-state index contributed by atoms with van der Waals surface area (Å²) < 4.78 is 22.6. The number of fused-ring (bicyclic) bond motifs is 1. The molecule has 3 amide bonds. The van der Waals surface area contributed by atoms with Crippen LogP contribution in [0, 0.1) is 0 Å². The second kappa shape index (κ2) is 7.76. The highest BCUT2D eigenvalue weighted by Gasteiger charge is 2.27. The number of nitrogens with zero attached hydrogens (tertiary/aromatic N) is 3. The van der Waals surface area contributed by atoms with Crippen LogP contribution in [0.2, 0.25) is 0 Å². The number of rotatable bonds is 3. The fourth-order valence-electron chi connectivity index (χ4n) is 3.32. The maximum atomic E-state index is 12.8. The van der Waals surface area contributed by atoms with Gasteiger partial charge in [0.05, 0.1) is 10.4 Å². The zero-order valence-corrected chi connectivity index (χ0v) is 16.7. The Labute approximate surface area is 172 Å². The molecule has 0 unspecified atom stereocenters. The molecular formula is C19H20N6O4S. The number of hydrogen-bond donors (Lipinski definition) is 3. The number of nitrogens with two attached hydrogens (primary N) is 1. The lowest BCUT2D eigenvalue weighted by atomic mass is 10.2. The van der Waals surface area contributed by atoms with Crippen LogP contribution in [0.5, 0.6) is 0 Å². The highest BCUT2D eigenvalue weighted by molar-refractivity contribution is 7.89. The number of benzene rings is 2. The van der Waals surface area contributed by atoms with Gasteiger partial charge in [0.1, 0.15) is 0 Å². The van der Waals surface area contributed by atoms with E-state index in [0.717, 1.165) is 10.9 Å². The number of amides is 3. The SMILES string of the molecule is NS(=O)(=O)c1ccc(NC(=O)N2CCN(C(=O)c3n[nH]c4ccccc34)CC2)cc1. The van der Waals surface area contributed by atoms with E-state index >= 15 is 0 Å². The minimum atomic E-state index is -3.78. The molecule has 0 spiro atoms. The van der Waals surface area contributed by atoms with Gasteiger partial charge in [0.15, 0.2) is 5.69 Å². The molecule has 0 radical (unpaired) electrons. The number of urea groups is 1. The first-order chi connectivity index (χ1) is 14.3. The van der Waals surface area contributed by atoms with Crippen molar-refractivity contribution >= 4 is 38.6 Å². The van der Waals surface area contributed by atoms with Crippen LogP contribution in [0.15, 0.2) is 53.4 Å². The summed E-state index contributed by atoms with van der Waals surface area (Å²) >= 11 is 0. The minimum Gasteiger partial charge on any atom is -0.334 e. The molecule has 10 nitrogen and oxygen atoms in total. The van der Waals surface area contributed by atoms with Gasteiger partial charge in [-0.15, -0.1) is 0 Å². The molecule has 1 aromatic heterocycles. The number of carbonyl (C=O) groups excluding carboxylic acids is 2. The number of primary sulfonamides is 1. The average molecular weight is 428 g/mol. The van der Waals surface area contributed by atoms with Gasteiger partial charge in [-0.05, 0) is 30.3 Å². The summed E-state index contributed by atoms with van der Waals surface area (Å²) in [4.78, 5) is 28.5. The molecule has 0 saturated carbocycles. The standard InChI is InChI=1S/C19H20N6O4S/c20-30(28,29)14-7-5-13(6-8-14)21-19(27)25-11-9-24(10-12-25)18(26)17-15-3-1-2-4-16(15)22-23-17/h1-8H,9-12H2,(H,21,27)(H,22,23)(H2,20,28,29). The quantitative estimate of drug-likeness (QED) is 0.575. The number of aromatic amines is 1. The van der Waals surface area contributed by atoms with E-state index in [1.54, 1.807) is 9.80 Å². The highest BCUT2D eigenvalue weighted by atomic mass is 32.2. The van der Waals surface area contributed by atoms with E-state index in [1.807, 2.05) is 24.3 Å². The molecule has 0 bridgehead atoms. The third-order valence-corrected chi connectivity index (χ3v) is 5.89. The van der Waals surface area contributed by atoms with Crippen LogP contribution >= 0.6 is 0 Å². The highest BCUT2D eigenvalue weighted by Crippen LogP contribution is 2.18. The molecule has 4 N–H and O–H groups in total. The maximum Gasteiger partial charge on any atom is 0.321 e. The van der Waals surface area contributed by atoms with Gasteiger partial charge in [-0.1, -0.05) is 18.2 Å².